The maximum Gasteiger partial charge on any atom is 0.337 e. The predicted molar refractivity (Wildman–Crippen MR) is 93.2 cm³/mol. The lowest BCUT2D eigenvalue weighted by atomic mass is 9.67. The third-order valence-corrected chi connectivity index (χ3v) is 6.59. The van der Waals surface area contributed by atoms with E-state index in [1.54, 1.807) is 12.1 Å². The first-order valence-corrected chi connectivity index (χ1v) is 9.02. The van der Waals surface area contributed by atoms with E-state index in [0.717, 1.165) is 5.56 Å². The zero-order valence-corrected chi connectivity index (χ0v) is 13.8. The van der Waals surface area contributed by atoms with E-state index >= 15 is 0 Å². The number of rotatable bonds is 2. The molecule has 128 valence electrons. The van der Waals surface area contributed by atoms with E-state index in [9.17, 15) is 14.3 Å². The van der Waals surface area contributed by atoms with Crippen LogP contribution in [0.3, 0.4) is 0 Å². The Balaban J connectivity index is 1.70. The first-order valence-electron chi connectivity index (χ1n) is 9.02. The van der Waals surface area contributed by atoms with Gasteiger partial charge >= 0.3 is 5.97 Å². The lowest BCUT2D eigenvalue weighted by Gasteiger charge is -2.44. The third kappa shape index (κ3) is 2.06. The summed E-state index contributed by atoms with van der Waals surface area (Å²) in [5, 5.41) is 13.1. The summed E-state index contributed by atoms with van der Waals surface area (Å²) >= 11 is 0. The molecule has 1 heterocycles. The van der Waals surface area contributed by atoms with E-state index in [4.69, 9.17) is 0 Å². The number of anilines is 1. The van der Waals surface area contributed by atoms with Crippen molar-refractivity contribution in [3.8, 4) is 0 Å². The van der Waals surface area contributed by atoms with E-state index in [0.29, 0.717) is 40.5 Å². The molecule has 2 aliphatic carbocycles. The molecule has 2 bridgehead atoms. The molecule has 5 rings (SSSR count). The fourth-order valence-corrected chi connectivity index (χ4v) is 5.73. The Morgan fingerprint density at radius 1 is 1.04 bits per heavy atom. The molecule has 25 heavy (non-hydrogen) atoms. The SMILES string of the molecule is O=C(O)c1cccc2c1N[C@@H](c1ccccc1F)[C@H]1[C@@H]3CC[C@@H](C3)[C@H]21. The summed E-state index contributed by atoms with van der Waals surface area (Å²) in [5.41, 5.74) is 2.76. The predicted octanol–water partition coefficient (Wildman–Crippen LogP) is 4.82. The molecule has 3 aliphatic rings. The minimum Gasteiger partial charge on any atom is -0.478 e. The van der Waals surface area contributed by atoms with Crippen molar-refractivity contribution in [2.45, 2.75) is 31.2 Å². The van der Waals surface area contributed by atoms with E-state index in [2.05, 4.69) is 11.4 Å². The van der Waals surface area contributed by atoms with E-state index < -0.39 is 5.97 Å². The van der Waals surface area contributed by atoms with Gasteiger partial charge in [0.1, 0.15) is 5.82 Å². The Kier molecular flexibility index (Phi) is 3.18. The fraction of sp³-hybridized carbons (Fsp3) is 0.381. The number of halogens is 1. The number of hydrogen-bond acceptors (Lipinski definition) is 2. The monoisotopic (exact) mass is 337 g/mol. The van der Waals surface area contributed by atoms with E-state index in [1.807, 2.05) is 18.2 Å². The molecule has 2 fully saturated rings. The lowest BCUT2D eigenvalue weighted by Crippen LogP contribution is -2.36. The maximum absolute atomic E-state index is 14.6. The molecule has 0 unspecified atom stereocenters. The van der Waals surface area contributed by atoms with Crippen molar-refractivity contribution in [2.75, 3.05) is 5.32 Å². The Labute approximate surface area is 145 Å². The second-order valence-electron chi connectivity index (χ2n) is 7.65. The summed E-state index contributed by atoms with van der Waals surface area (Å²) < 4.78 is 14.6. The van der Waals surface area contributed by atoms with Crippen molar-refractivity contribution in [2.24, 2.45) is 17.8 Å². The highest BCUT2D eigenvalue weighted by Crippen LogP contribution is 2.64. The topological polar surface area (TPSA) is 49.3 Å². The number of para-hydroxylation sites is 1. The number of carboxylic acid groups (broad SMARTS) is 1. The first-order chi connectivity index (χ1) is 12.1. The average Bonchev–Trinajstić information content (AvgIpc) is 3.23. The van der Waals surface area contributed by atoms with Crippen LogP contribution in [0.1, 0.15) is 52.7 Å². The van der Waals surface area contributed by atoms with Crippen LogP contribution in [0, 0.1) is 23.6 Å². The molecule has 1 aliphatic heterocycles. The van der Waals surface area contributed by atoms with Crippen LogP contribution >= 0.6 is 0 Å². The summed E-state index contributed by atoms with van der Waals surface area (Å²) in [6.45, 7) is 0. The van der Waals surface area contributed by atoms with Gasteiger partial charge in [-0.2, -0.15) is 0 Å². The van der Waals surface area contributed by atoms with Gasteiger partial charge in [-0.15, -0.1) is 0 Å². The van der Waals surface area contributed by atoms with Crippen molar-refractivity contribution in [3.63, 3.8) is 0 Å². The van der Waals surface area contributed by atoms with Gasteiger partial charge < -0.3 is 10.4 Å². The van der Waals surface area contributed by atoms with Gasteiger partial charge in [0, 0.05) is 5.56 Å². The Morgan fingerprint density at radius 3 is 2.60 bits per heavy atom. The first kappa shape index (κ1) is 14.9. The molecule has 2 N–H and O–H groups in total. The van der Waals surface area contributed by atoms with Gasteiger partial charge in [0.25, 0.3) is 0 Å². The minimum atomic E-state index is -0.932. The van der Waals surface area contributed by atoms with Crippen molar-refractivity contribution < 1.29 is 14.3 Å². The normalized spacial score (nSPS) is 32.0. The molecule has 2 saturated carbocycles. The molecular formula is C21H20FNO2. The van der Waals surface area contributed by atoms with Crippen LogP contribution in [-0.2, 0) is 0 Å². The molecule has 0 radical (unpaired) electrons. The lowest BCUT2D eigenvalue weighted by molar-refractivity contribution is 0.0697. The smallest absolute Gasteiger partial charge is 0.337 e. The van der Waals surface area contributed by atoms with Gasteiger partial charge in [0.05, 0.1) is 17.3 Å². The number of carbonyl (C=O) groups is 1. The van der Waals surface area contributed by atoms with Crippen molar-refractivity contribution >= 4 is 11.7 Å². The Morgan fingerprint density at radius 2 is 1.80 bits per heavy atom. The number of aromatic carboxylic acids is 1. The van der Waals surface area contributed by atoms with Crippen LogP contribution < -0.4 is 5.32 Å². The highest BCUT2D eigenvalue weighted by Gasteiger charge is 2.54. The van der Waals surface area contributed by atoms with Crippen LogP contribution in [0.15, 0.2) is 42.5 Å². The molecule has 2 aromatic rings. The van der Waals surface area contributed by atoms with Crippen molar-refractivity contribution in [1.82, 2.24) is 0 Å². The average molecular weight is 337 g/mol. The summed E-state index contributed by atoms with van der Waals surface area (Å²) in [6, 6.07) is 12.3. The van der Waals surface area contributed by atoms with Crippen LogP contribution in [-0.4, -0.2) is 11.1 Å². The fourth-order valence-electron chi connectivity index (χ4n) is 5.73. The summed E-state index contributed by atoms with van der Waals surface area (Å²) in [4.78, 5) is 11.7. The largest absolute Gasteiger partial charge is 0.478 e. The number of nitrogens with one attached hydrogen (secondary N) is 1. The van der Waals surface area contributed by atoms with Gasteiger partial charge in [0.2, 0.25) is 0 Å². The molecule has 0 spiro atoms. The Bertz CT molecular complexity index is 865. The highest BCUT2D eigenvalue weighted by atomic mass is 19.1. The number of hydrogen-bond donors (Lipinski definition) is 2. The van der Waals surface area contributed by atoms with E-state index in [-0.39, 0.29) is 11.9 Å². The molecule has 4 heteroatoms. The van der Waals surface area contributed by atoms with Crippen LogP contribution in [0.4, 0.5) is 10.1 Å². The molecule has 0 saturated heterocycles. The zero-order chi connectivity index (χ0) is 17.1. The molecule has 2 aromatic carbocycles. The number of carboxylic acids is 1. The Hall–Kier alpha value is -2.36. The standard InChI is InChI=1S/C21H20FNO2/c22-16-7-2-1-4-13(16)20-18-12-9-8-11(10-12)17(18)14-5-3-6-15(21(24)25)19(14)23-20/h1-7,11-12,17-18,20,23H,8-10H2,(H,24,25)/t11-,12+,17+,18-,20-/m0/s1. The third-order valence-electron chi connectivity index (χ3n) is 6.59. The molecule has 3 nitrogen and oxygen atoms in total. The van der Waals surface area contributed by atoms with E-state index in [1.165, 1.54) is 25.3 Å². The maximum atomic E-state index is 14.6. The second kappa shape index (κ2) is 5.32. The number of fused-ring (bicyclic) bond motifs is 7. The summed E-state index contributed by atoms with van der Waals surface area (Å²) in [6.07, 6.45) is 3.58. The van der Waals surface area contributed by atoms with Crippen LogP contribution in [0.2, 0.25) is 0 Å². The zero-order valence-electron chi connectivity index (χ0n) is 13.8. The van der Waals surface area contributed by atoms with Gasteiger partial charge in [-0.25, -0.2) is 9.18 Å². The highest BCUT2D eigenvalue weighted by molar-refractivity contribution is 5.95. The second-order valence-corrected chi connectivity index (χ2v) is 7.65. The van der Waals surface area contributed by atoms with Gasteiger partial charge in [-0.1, -0.05) is 30.3 Å². The van der Waals surface area contributed by atoms with Crippen LogP contribution in [0.25, 0.3) is 0 Å². The van der Waals surface area contributed by atoms with Gasteiger partial charge in [0.15, 0.2) is 0 Å². The van der Waals surface area contributed by atoms with Gasteiger partial charge in [-0.3, -0.25) is 0 Å². The summed E-state index contributed by atoms with van der Waals surface area (Å²) in [7, 11) is 0. The molecular weight excluding hydrogens is 317 g/mol. The molecule has 5 atom stereocenters. The van der Waals surface area contributed by atoms with Gasteiger partial charge in [-0.05, 0) is 60.6 Å². The number of benzene rings is 2. The van der Waals surface area contributed by atoms with Crippen molar-refractivity contribution in [3.05, 3.63) is 65.0 Å². The summed E-state index contributed by atoms with van der Waals surface area (Å²) in [5.74, 6) is 0.713. The minimum absolute atomic E-state index is 0.158. The molecule has 0 amide bonds. The van der Waals surface area contributed by atoms with Crippen molar-refractivity contribution in [1.29, 1.82) is 0 Å². The quantitative estimate of drug-likeness (QED) is 0.826. The van der Waals surface area contributed by atoms with Crippen LogP contribution in [0.5, 0.6) is 0 Å². The molecule has 0 aromatic heterocycles.